The summed E-state index contributed by atoms with van der Waals surface area (Å²) in [6.45, 7) is 2.61. The second-order valence-corrected chi connectivity index (χ2v) is 7.39. The predicted octanol–water partition coefficient (Wildman–Crippen LogP) is 2.82. The standard InChI is InChI=1S/C20H21FN6O2/c1-11-19(25-26-27(11)10-12-4-2-3-5-12)24-20(29)17-9-15(18(22)28)14-7-6-13(21)8-16(14)23-17/h6-9,12H,2-5,10H2,1H3,(H2,22,28)(H,24,29). The minimum Gasteiger partial charge on any atom is -0.366 e. The molecule has 2 aromatic heterocycles. The second-order valence-electron chi connectivity index (χ2n) is 7.39. The lowest BCUT2D eigenvalue weighted by Gasteiger charge is -2.10. The number of nitrogens with zero attached hydrogens (tertiary/aromatic N) is 4. The van der Waals surface area contributed by atoms with Gasteiger partial charge in [-0.05, 0) is 43.9 Å². The van der Waals surface area contributed by atoms with Crippen molar-refractivity contribution < 1.29 is 14.0 Å². The number of primary amides is 1. The highest BCUT2D eigenvalue weighted by molar-refractivity contribution is 6.10. The van der Waals surface area contributed by atoms with Crippen LogP contribution in [0.3, 0.4) is 0 Å². The molecule has 3 aromatic rings. The number of amides is 2. The molecule has 0 radical (unpaired) electrons. The third kappa shape index (κ3) is 3.80. The van der Waals surface area contributed by atoms with E-state index in [1.807, 2.05) is 6.92 Å². The van der Waals surface area contributed by atoms with E-state index in [4.69, 9.17) is 5.73 Å². The van der Waals surface area contributed by atoms with Gasteiger partial charge in [-0.2, -0.15) is 0 Å². The summed E-state index contributed by atoms with van der Waals surface area (Å²) in [5, 5.41) is 11.3. The summed E-state index contributed by atoms with van der Waals surface area (Å²) >= 11 is 0. The molecule has 1 fully saturated rings. The van der Waals surface area contributed by atoms with Gasteiger partial charge in [-0.15, -0.1) is 5.10 Å². The summed E-state index contributed by atoms with van der Waals surface area (Å²) in [6, 6.07) is 5.08. The average Bonchev–Trinajstić information content (AvgIpc) is 3.32. The van der Waals surface area contributed by atoms with E-state index in [2.05, 4.69) is 20.6 Å². The van der Waals surface area contributed by atoms with Crippen LogP contribution in [0.2, 0.25) is 0 Å². The van der Waals surface area contributed by atoms with Crippen molar-refractivity contribution in [3.8, 4) is 0 Å². The largest absolute Gasteiger partial charge is 0.366 e. The maximum absolute atomic E-state index is 13.6. The van der Waals surface area contributed by atoms with Gasteiger partial charge in [0, 0.05) is 18.0 Å². The molecule has 1 saturated carbocycles. The zero-order valence-electron chi connectivity index (χ0n) is 16.0. The molecule has 9 heteroatoms. The number of hydrogen-bond donors (Lipinski definition) is 2. The van der Waals surface area contributed by atoms with Gasteiger partial charge in [-0.25, -0.2) is 14.1 Å². The Morgan fingerprint density at radius 1 is 1.28 bits per heavy atom. The van der Waals surface area contributed by atoms with Gasteiger partial charge in [0.2, 0.25) is 5.91 Å². The van der Waals surface area contributed by atoms with Crippen LogP contribution in [0.15, 0.2) is 24.3 Å². The summed E-state index contributed by atoms with van der Waals surface area (Å²) in [4.78, 5) is 28.7. The van der Waals surface area contributed by atoms with Crippen molar-refractivity contribution in [3.63, 3.8) is 0 Å². The normalized spacial score (nSPS) is 14.4. The van der Waals surface area contributed by atoms with Crippen molar-refractivity contribution in [2.24, 2.45) is 11.7 Å². The third-order valence-electron chi connectivity index (χ3n) is 5.39. The number of carbonyl (C=O) groups is 2. The van der Waals surface area contributed by atoms with Crippen LogP contribution >= 0.6 is 0 Å². The van der Waals surface area contributed by atoms with Crippen molar-refractivity contribution in [3.05, 3.63) is 47.0 Å². The summed E-state index contributed by atoms with van der Waals surface area (Å²) < 4.78 is 15.4. The molecule has 1 aliphatic rings. The first-order valence-electron chi connectivity index (χ1n) is 9.54. The van der Waals surface area contributed by atoms with Gasteiger partial charge in [0.25, 0.3) is 5.91 Å². The first-order chi connectivity index (χ1) is 13.9. The van der Waals surface area contributed by atoms with Gasteiger partial charge >= 0.3 is 0 Å². The fourth-order valence-electron chi connectivity index (χ4n) is 3.78. The fraction of sp³-hybridized carbons (Fsp3) is 0.350. The molecule has 0 saturated heterocycles. The van der Waals surface area contributed by atoms with Crippen LogP contribution in [0.1, 0.15) is 52.2 Å². The van der Waals surface area contributed by atoms with Crippen molar-refractivity contribution >= 4 is 28.5 Å². The lowest BCUT2D eigenvalue weighted by Crippen LogP contribution is -2.18. The van der Waals surface area contributed by atoms with E-state index in [1.54, 1.807) is 4.68 Å². The first kappa shape index (κ1) is 19.0. The molecule has 0 unspecified atom stereocenters. The Balaban J connectivity index is 1.61. The lowest BCUT2D eigenvalue weighted by molar-refractivity contribution is 0.100. The number of nitrogens with two attached hydrogens (primary N) is 1. The number of aromatic nitrogens is 4. The third-order valence-corrected chi connectivity index (χ3v) is 5.39. The molecular weight excluding hydrogens is 375 g/mol. The Kier molecular flexibility index (Phi) is 4.96. The number of nitrogens with one attached hydrogen (secondary N) is 1. The maximum Gasteiger partial charge on any atom is 0.275 e. The van der Waals surface area contributed by atoms with E-state index in [0.717, 1.165) is 18.3 Å². The molecule has 0 atom stereocenters. The molecule has 2 heterocycles. The van der Waals surface area contributed by atoms with Crippen LogP contribution < -0.4 is 11.1 Å². The molecule has 150 valence electrons. The molecule has 1 aliphatic carbocycles. The average molecular weight is 396 g/mol. The number of halogens is 1. The molecule has 2 amide bonds. The number of fused-ring (bicyclic) bond motifs is 1. The number of pyridine rings is 1. The monoisotopic (exact) mass is 396 g/mol. The van der Waals surface area contributed by atoms with Gasteiger partial charge < -0.3 is 11.1 Å². The summed E-state index contributed by atoms with van der Waals surface area (Å²) in [6.07, 6.45) is 4.82. The predicted molar refractivity (Wildman–Crippen MR) is 105 cm³/mol. The van der Waals surface area contributed by atoms with E-state index in [0.29, 0.717) is 17.1 Å². The Labute approximate surface area is 166 Å². The van der Waals surface area contributed by atoms with Crippen molar-refractivity contribution in [1.82, 2.24) is 20.0 Å². The van der Waals surface area contributed by atoms with Gasteiger partial charge in [-0.1, -0.05) is 18.1 Å². The Morgan fingerprint density at radius 2 is 2.03 bits per heavy atom. The van der Waals surface area contributed by atoms with E-state index < -0.39 is 17.6 Å². The Hall–Kier alpha value is -3.36. The molecule has 29 heavy (non-hydrogen) atoms. The number of carbonyl (C=O) groups excluding carboxylic acids is 2. The van der Waals surface area contributed by atoms with Crippen molar-refractivity contribution in [2.45, 2.75) is 39.2 Å². The number of hydrogen-bond acceptors (Lipinski definition) is 5. The second kappa shape index (κ2) is 7.57. The quantitative estimate of drug-likeness (QED) is 0.688. The molecule has 0 bridgehead atoms. The topological polar surface area (TPSA) is 116 Å². The molecular formula is C20H21FN6O2. The molecule has 3 N–H and O–H groups in total. The van der Waals surface area contributed by atoms with Crippen LogP contribution in [-0.4, -0.2) is 31.8 Å². The van der Waals surface area contributed by atoms with Crippen molar-refractivity contribution in [1.29, 1.82) is 0 Å². The molecule has 1 aromatic carbocycles. The highest BCUT2D eigenvalue weighted by atomic mass is 19.1. The van der Waals surface area contributed by atoms with Gasteiger partial charge in [0.1, 0.15) is 11.5 Å². The minimum absolute atomic E-state index is 0.0540. The Bertz CT molecular complexity index is 1100. The number of anilines is 1. The zero-order valence-corrected chi connectivity index (χ0v) is 16.0. The first-order valence-corrected chi connectivity index (χ1v) is 9.54. The van der Waals surface area contributed by atoms with Crippen LogP contribution in [0.25, 0.3) is 10.9 Å². The van der Waals surface area contributed by atoms with E-state index in [1.165, 1.54) is 43.9 Å². The molecule has 4 rings (SSSR count). The fourth-order valence-corrected chi connectivity index (χ4v) is 3.78. The maximum atomic E-state index is 13.6. The smallest absolute Gasteiger partial charge is 0.275 e. The molecule has 0 aliphatic heterocycles. The SMILES string of the molecule is Cc1c(NC(=O)c2cc(C(N)=O)c3ccc(F)cc3n2)nnn1CC1CCCC1. The summed E-state index contributed by atoms with van der Waals surface area (Å²) in [5.41, 5.74) is 6.39. The summed E-state index contributed by atoms with van der Waals surface area (Å²) in [5.74, 6) is -0.918. The number of benzene rings is 1. The Morgan fingerprint density at radius 3 is 2.76 bits per heavy atom. The molecule has 0 spiro atoms. The highest BCUT2D eigenvalue weighted by Gasteiger charge is 2.21. The molecule has 8 nitrogen and oxygen atoms in total. The van der Waals surface area contributed by atoms with Crippen LogP contribution in [0.4, 0.5) is 10.2 Å². The van der Waals surface area contributed by atoms with Gasteiger partial charge in [0.05, 0.1) is 16.8 Å². The van der Waals surface area contributed by atoms with Crippen molar-refractivity contribution in [2.75, 3.05) is 5.32 Å². The van der Waals surface area contributed by atoms with Crippen LogP contribution in [-0.2, 0) is 6.54 Å². The highest BCUT2D eigenvalue weighted by Crippen LogP contribution is 2.27. The van der Waals surface area contributed by atoms with E-state index >= 15 is 0 Å². The van der Waals surface area contributed by atoms with Crippen LogP contribution in [0, 0.1) is 18.7 Å². The van der Waals surface area contributed by atoms with Gasteiger partial charge in [0.15, 0.2) is 5.82 Å². The lowest BCUT2D eigenvalue weighted by atomic mass is 10.1. The van der Waals surface area contributed by atoms with E-state index in [9.17, 15) is 14.0 Å². The minimum atomic E-state index is -0.725. The van der Waals surface area contributed by atoms with Crippen LogP contribution in [0.5, 0.6) is 0 Å². The summed E-state index contributed by atoms with van der Waals surface area (Å²) in [7, 11) is 0. The van der Waals surface area contributed by atoms with E-state index in [-0.39, 0.29) is 16.8 Å². The van der Waals surface area contributed by atoms with Gasteiger partial charge in [-0.3, -0.25) is 9.59 Å². The zero-order chi connectivity index (χ0) is 20.5. The number of rotatable bonds is 5.